The zero-order chi connectivity index (χ0) is 18.3. The molecule has 6 heteroatoms. The second-order valence-corrected chi connectivity index (χ2v) is 6.65. The van der Waals surface area contributed by atoms with Crippen molar-refractivity contribution < 1.29 is 9.21 Å². The van der Waals surface area contributed by atoms with E-state index in [2.05, 4.69) is 4.98 Å². The Balaban J connectivity index is 1.80. The molecule has 132 valence electrons. The van der Waals surface area contributed by atoms with Gasteiger partial charge in [0.2, 0.25) is 11.6 Å². The van der Waals surface area contributed by atoms with Crippen LogP contribution in [0.4, 0.5) is 5.82 Å². The highest BCUT2D eigenvalue weighted by atomic mass is 16.4. The van der Waals surface area contributed by atoms with Gasteiger partial charge in [0.05, 0.1) is 5.92 Å². The van der Waals surface area contributed by atoms with E-state index in [1.165, 1.54) is 6.07 Å². The van der Waals surface area contributed by atoms with Crippen LogP contribution in [0.5, 0.6) is 0 Å². The second kappa shape index (κ2) is 6.29. The number of carbonyl (C=O) groups is 1. The van der Waals surface area contributed by atoms with Crippen LogP contribution in [0.1, 0.15) is 12.0 Å². The maximum absolute atomic E-state index is 12.1. The van der Waals surface area contributed by atoms with E-state index in [-0.39, 0.29) is 11.8 Å². The first-order chi connectivity index (χ1) is 12.5. The van der Waals surface area contributed by atoms with Gasteiger partial charge in [-0.05, 0) is 36.6 Å². The summed E-state index contributed by atoms with van der Waals surface area (Å²) in [4.78, 5) is 30.0. The quantitative estimate of drug-likeness (QED) is 0.784. The van der Waals surface area contributed by atoms with Crippen molar-refractivity contribution in [3.8, 4) is 11.1 Å². The van der Waals surface area contributed by atoms with Gasteiger partial charge in [0, 0.05) is 30.1 Å². The van der Waals surface area contributed by atoms with Gasteiger partial charge in [-0.1, -0.05) is 24.3 Å². The van der Waals surface area contributed by atoms with Crippen LogP contribution < -0.4 is 16.3 Å². The van der Waals surface area contributed by atoms with Crippen molar-refractivity contribution in [2.45, 2.75) is 13.3 Å². The SMILES string of the molecule is Cc1ccccc1-c1cc(=O)oc2nc(N3CCC(C(N)=O)C3)ccc12. The highest BCUT2D eigenvalue weighted by Gasteiger charge is 2.27. The fourth-order valence-electron chi connectivity index (χ4n) is 3.51. The molecule has 1 amide bonds. The molecule has 6 nitrogen and oxygen atoms in total. The number of primary amides is 1. The number of benzene rings is 1. The van der Waals surface area contributed by atoms with E-state index in [0.29, 0.717) is 31.0 Å². The highest BCUT2D eigenvalue weighted by Crippen LogP contribution is 2.31. The Kier molecular flexibility index (Phi) is 3.95. The molecule has 2 N–H and O–H groups in total. The van der Waals surface area contributed by atoms with Gasteiger partial charge < -0.3 is 15.1 Å². The number of anilines is 1. The molecule has 4 rings (SSSR count). The summed E-state index contributed by atoms with van der Waals surface area (Å²) in [6, 6.07) is 13.2. The Morgan fingerprint density at radius 3 is 2.77 bits per heavy atom. The molecule has 0 saturated carbocycles. The van der Waals surface area contributed by atoms with E-state index < -0.39 is 5.63 Å². The van der Waals surface area contributed by atoms with Crippen LogP contribution in [0.25, 0.3) is 22.2 Å². The predicted octanol–water partition coefficient (Wildman–Crippen LogP) is 2.48. The molecule has 26 heavy (non-hydrogen) atoms. The molecule has 1 fully saturated rings. The molecule has 1 aliphatic heterocycles. The molecule has 0 aliphatic carbocycles. The molecular formula is C20H19N3O3. The lowest BCUT2D eigenvalue weighted by Gasteiger charge is -2.17. The largest absolute Gasteiger partial charge is 0.404 e. The maximum Gasteiger partial charge on any atom is 0.338 e. The van der Waals surface area contributed by atoms with Crippen LogP contribution in [-0.4, -0.2) is 24.0 Å². The van der Waals surface area contributed by atoms with Gasteiger partial charge in [0.15, 0.2) is 0 Å². The topological polar surface area (TPSA) is 89.4 Å². The molecule has 1 atom stereocenters. The van der Waals surface area contributed by atoms with Crippen LogP contribution in [0.2, 0.25) is 0 Å². The Morgan fingerprint density at radius 1 is 1.23 bits per heavy atom. The fraction of sp³-hybridized carbons (Fsp3) is 0.250. The number of pyridine rings is 1. The second-order valence-electron chi connectivity index (χ2n) is 6.65. The Hall–Kier alpha value is -3.15. The number of carbonyl (C=O) groups excluding carboxylic acids is 1. The summed E-state index contributed by atoms with van der Waals surface area (Å²) in [6.45, 7) is 3.25. The number of nitrogens with two attached hydrogens (primary N) is 1. The van der Waals surface area contributed by atoms with Crippen LogP contribution in [0.15, 0.2) is 51.7 Å². The first kappa shape index (κ1) is 16.3. The molecule has 2 aromatic heterocycles. The number of aryl methyl sites for hydroxylation is 1. The summed E-state index contributed by atoms with van der Waals surface area (Å²) >= 11 is 0. The molecule has 1 unspecified atom stereocenters. The lowest BCUT2D eigenvalue weighted by Crippen LogP contribution is -2.27. The first-order valence-corrected chi connectivity index (χ1v) is 8.58. The minimum absolute atomic E-state index is 0.169. The molecular weight excluding hydrogens is 330 g/mol. The summed E-state index contributed by atoms with van der Waals surface area (Å²) in [5, 5.41) is 0.785. The van der Waals surface area contributed by atoms with E-state index in [9.17, 15) is 9.59 Å². The molecule has 0 spiro atoms. The first-order valence-electron chi connectivity index (χ1n) is 8.58. The summed E-state index contributed by atoms with van der Waals surface area (Å²) < 4.78 is 5.35. The lowest BCUT2D eigenvalue weighted by atomic mass is 9.99. The van der Waals surface area contributed by atoms with E-state index in [1.807, 2.05) is 48.2 Å². The zero-order valence-electron chi connectivity index (χ0n) is 14.4. The van der Waals surface area contributed by atoms with Gasteiger partial charge in [-0.3, -0.25) is 4.79 Å². The molecule has 3 aromatic rings. The molecule has 1 aromatic carbocycles. The number of rotatable bonds is 3. The van der Waals surface area contributed by atoms with E-state index in [0.717, 1.165) is 22.1 Å². The van der Waals surface area contributed by atoms with Crippen molar-refractivity contribution in [2.24, 2.45) is 11.7 Å². The van der Waals surface area contributed by atoms with Gasteiger partial charge in [-0.2, -0.15) is 4.98 Å². The third-order valence-electron chi connectivity index (χ3n) is 4.95. The average molecular weight is 349 g/mol. The molecule has 0 bridgehead atoms. The average Bonchev–Trinajstić information content (AvgIpc) is 3.11. The van der Waals surface area contributed by atoms with Crippen molar-refractivity contribution in [1.82, 2.24) is 4.98 Å². The molecule has 1 aliphatic rings. The monoisotopic (exact) mass is 349 g/mol. The van der Waals surface area contributed by atoms with Gasteiger partial charge >= 0.3 is 5.63 Å². The van der Waals surface area contributed by atoms with Crippen LogP contribution in [-0.2, 0) is 4.79 Å². The summed E-state index contributed by atoms with van der Waals surface area (Å²) in [5.74, 6) is 0.228. The number of hydrogen-bond donors (Lipinski definition) is 1. The zero-order valence-corrected chi connectivity index (χ0v) is 14.4. The Bertz CT molecular complexity index is 1060. The fourth-order valence-corrected chi connectivity index (χ4v) is 3.51. The third kappa shape index (κ3) is 2.83. The number of amides is 1. The Morgan fingerprint density at radius 2 is 2.04 bits per heavy atom. The van der Waals surface area contributed by atoms with Crippen molar-refractivity contribution in [3.63, 3.8) is 0 Å². The van der Waals surface area contributed by atoms with Gasteiger partial charge in [0.25, 0.3) is 0 Å². The predicted molar refractivity (Wildman–Crippen MR) is 100.0 cm³/mol. The van der Waals surface area contributed by atoms with E-state index in [1.54, 1.807) is 0 Å². The van der Waals surface area contributed by atoms with Crippen molar-refractivity contribution in [1.29, 1.82) is 0 Å². The van der Waals surface area contributed by atoms with Gasteiger partial charge in [0.1, 0.15) is 5.82 Å². The van der Waals surface area contributed by atoms with Crippen LogP contribution >= 0.6 is 0 Å². The van der Waals surface area contributed by atoms with Crippen LogP contribution in [0.3, 0.4) is 0 Å². The van der Waals surface area contributed by atoms with E-state index >= 15 is 0 Å². The number of fused-ring (bicyclic) bond motifs is 1. The molecule has 1 saturated heterocycles. The number of hydrogen-bond acceptors (Lipinski definition) is 5. The smallest absolute Gasteiger partial charge is 0.338 e. The lowest BCUT2D eigenvalue weighted by molar-refractivity contribution is -0.121. The van der Waals surface area contributed by atoms with Crippen LogP contribution in [0, 0.1) is 12.8 Å². The standard InChI is InChI=1S/C20H19N3O3/c1-12-4-2-3-5-14(12)16-10-18(24)26-20-15(16)6-7-17(22-20)23-9-8-13(11-23)19(21)25/h2-7,10,13H,8-9,11H2,1H3,(H2,21,25). The van der Waals surface area contributed by atoms with Gasteiger partial charge in [-0.25, -0.2) is 4.79 Å². The summed E-state index contributed by atoms with van der Waals surface area (Å²) in [5.41, 5.74) is 8.14. The Labute approximate surface area is 150 Å². The summed E-state index contributed by atoms with van der Waals surface area (Å²) in [7, 11) is 0. The van der Waals surface area contributed by atoms with Crippen molar-refractivity contribution >= 4 is 22.8 Å². The minimum atomic E-state index is -0.433. The van der Waals surface area contributed by atoms with Crippen molar-refractivity contribution in [3.05, 3.63) is 58.4 Å². The molecule has 3 heterocycles. The van der Waals surface area contributed by atoms with Crippen molar-refractivity contribution in [2.75, 3.05) is 18.0 Å². The van der Waals surface area contributed by atoms with E-state index in [4.69, 9.17) is 10.2 Å². The normalized spacial score (nSPS) is 17.0. The summed E-state index contributed by atoms with van der Waals surface area (Å²) in [6.07, 6.45) is 0.711. The third-order valence-corrected chi connectivity index (χ3v) is 4.95. The van der Waals surface area contributed by atoms with Gasteiger partial charge in [-0.15, -0.1) is 0 Å². The molecule has 0 radical (unpaired) electrons. The highest BCUT2D eigenvalue weighted by molar-refractivity contribution is 5.93. The number of nitrogens with zero attached hydrogens (tertiary/aromatic N) is 2. The maximum atomic E-state index is 12.1. The minimum Gasteiger partial charge on any atom is -0.404 e. The number of aromatic nitrogens is 1.